The van der Waals surface area contributed by atoms with Crippen molar-refractivity contribution in [3.8, 4) is 5.69 Å². The smallest absolute Gasteiger partial charge is 0.338 e. The molecule has 2 aromatic heterocycles. The molecule has 2 aromatic carbocycles. The summed E-state index contributed by atoms with van der Waals surface area (Å²) in [6, 6.07) is 14.6. The van der Waals surface area contributed by atoms with Gasteiger partial charge in [-0.2, -0.15) is 0 Å². The zero-order valence-electron chi connectivity index (χ0n) is 22.2. The second-order valence-corrected chi connectivity index (χ2v) is 10.7. The number of aromatic nitrogens is 2. The minimum Gasteiger partial charge on any atom is -0.463 e. The predicted octanol–water partition coefficient (Wildman–Crippen LogP) is 4.77. The molecule has 5 rings (SSSR count). The molecule has 40 heavy (non-hydrogen) atoms. The number of nitro groups is 1. The molecule has 0 spiro atoms. The number of rotatable bonds is 6. The highest BCUT2D eigenvalue weighted by Gasteiger charge is 2.34. The number of halogens is 1. The van der Waals surface area contributed by atoms with Crippen LogP contribution >= 0.6 is 22.9 Å². The molecule has 0 aliphatic carbocycles. The Morgan fingerprint density at radius 1 is 1.18 bits per heavy atom. The van der Waals surface area contributed by atoms with E-state index in [1.807, 2.05) is 30.5 Å². The van der Waals surface area contributed by atoms with Crippen LogP contribution in [0.2, 0.25) is 5.02 Å². The third-order valence-corrected chi connectivity index (χ3v) is 8.12. The lowest BCUT2D eigenvalue weighted by atomic mass is 9.96. The standard InChI is InChI=1S/C29H25ClN4O5S/c1-5-39-28(36)25-17(3)31-29-33(26(25)22-8-6-7-9-23(22)30)27(35)24(40-29)15-19-14-16(2)32(18(19)4)20-10-12-21(13-11-20)34(37)38/h6-15,26H,5H2,1-4H3/b24-15-/t26-/m1/s1. The van der Waals surface area contributed by atoms with Gasteiger partial charge in [0.25, 0.3) is 11.2 Å². The second kappa shape index (κ2) is 10.7. The van der Waals surface area contributed by atoms with Crippen LogP contribution in [-0.2, 0) is 9.53 Å². The van der Waals surface area contributed by atoms with Crippen LogP contribution in [0.25, 0.3) is 11.8 Å². The number of non-ortho nitro benzene ring substituents is 1. The molecule has 1 aliphatic heterocycles. The van der Waals surface area contributed by atoms with Gasteiger partial charge in [-0.05, 0) is 69.2 Å². The van der Waals surface area contributed by atoms with Crippen molar-refractivity contribution in [2.45, 2.75) is 33.7 Å². The molecule has 0 saturated carbocycles. The number of nitrogens with zero attached hydrogens (tertiary/aromatic N) is 4. The van der Waals surface area contributed by atoms with E-state index < -0.39 is 16.9 Å². The maximum Gasteiger partial charge on any atom is 0.338 e. The highest BCUT2D eigenvalue weighted by Crippen LogP contribution is 2.34. The molecule has 1 aliphatic rings. The molecule has 0 fully saturated rings. The fourth-order valence-corrected chi connectivity index (χ4v) is 6.25. The quantitative estimate of drug-likeness (QED) is 0.187. The van der Waals surface area contributed by atoms with Crippen molar-refractivity contribution >= 4 is 40.7 Å². The van der Waals surface area contributed by atoms with Crippen LogP contribution in [0.1, 0.15) is 42.4 Å². The van der Waals surface area contributed by atoms with Crippen molar-refractivity contribution in [3.63, 3.8) is 0 Å². The molecule has 0 amide bonds. The number of thiazole rings is 1. The number of ether oxygens (including phenoxy) is 1. The molecule has 0 N–H and O–H groups in total. The average Bonchev–Trinajstić information content (AvgIpc) is 3.37. The lowest BCUT2D eigenvalue weighted by Crippen LogP contribution is -2.40. The van der Waals surface area contributed by atoms with E-state index >= 15 is 0 Å². The van der Waals surface area contributed by atoms with Gasteiger partial charge in [-0.15, -0.1) is 0 Å². The molecule has 1 atom stereocenters. The molecule has 3 heterocycles. The number of esters is 1. The third kappa shape index (κ3) is 4.69. The fourth-order valence-electron chi connectivity index (χ4n) is 4.98. The van der Waals surface area contributed by atoms with Crippen LogP contribution in [-0.4, -0.2) is 26.6 Å². The maximum absolute atomic E-state index is 13.9. The van der Waals surface area contributed by atoms with Crippen LogP contribution in [0, 0.1) is 24.0 Å². The topological polar surface area (TPSA) is 109 Å². The molecular formula is C29H25ClN4O5S. The van der Waals surface area contributed by atoms with Crippen molar-refractivity contribution in [1.82, 2.24) is 9.13 Å². The Kier molecular flexibility index (Phi) is 7.31. The zero-order chi connectivity index (χ0) is 28.7. The molecule has 0 unspecified atom stereocenters. The van der Waals surface area contributed by atoms with E-state index in [2.05, 4.69) is 4.99 Å². The molecule has 204 valence electrons. The van der Waals surface area contributed by atoms with Gasteiger partial charge in [-0.1, -0.05) is 41.1 Å². The van der Waals surface area contributed by atoms with Gasteiger partial charge in [-0.25, -0.2) is 9.79 Å². The summed E-state index contributed by atoms with van der Waals surface area (Å²) in [6.45, 7) is 7.48. The Balaban J connectivity index is 1.67. The van der Waals surface area contributed by atoms with Crippen molar-refractivity contribution in [2.75, 3.05) is 6.61 Å². The summed E-state index contributed by atoms with van der Waals surface area (Å²) in [6.07, 6.45) is 1.81. The minimum atomic E-state index is -0.793. The summed E-state index contributed by atoms with van der Waals surface area (Å²) in [4.78, 5) is 42.7. The van der Waals surface area contributed by atoms with Gasteiger partial charge in [0, 0.05) is 34.2 Å². The van der Waals surface area contributed by atoms with E-state index in [1.54, 1.807) is 50.3 Å². The zero-order valence-corrected chi connectivity index (χ0v) is 23.7. The average molecular weight is 577 g/mol. The number of hydrogen-bond donors (Lipinski definition) is 0. The molecule has 0 radical (unpaired) electrons. The monoisotopic (exact) mass is 576 g/mol. The van der Waals surface area contributed by atoms with Crippen LogP contribution in [0.5, 0.6) is 0 Å². The van der Waals surface area contributed by atoms with Gasteiger partial charge in [0.1, 0.15) is 6.04 Å². The fraction of sp³-hybridized carbons (Fsp3) is 0.207. The van der Waals surface area contributed by atoms with Crippen LogP contribution in [0.15, 0.2) is 75.7 Å². The minimum absolute atomic E-state index is 0.0121. The van der Waals surface area contributed by atoms with Crippen molar-refractivity contribution < 1.29 is 14.5 Å². The Labute approximate surface area is 238 Å². The first-order valence-corrected chi connectivity index (χ1v) is 13.7. The predicted molar refractivity (Wildman–Crippen MR) is 154 cm³/mol. The van der Waals surface area contributed by atoms with E-state index in [4.69, 9.17) is 16.3 Å². The lowest BCUT2D eigenvalue weighted by molar-refractivity contribution is -0.384. The molecule has 4 aromatic rings. The number of aryl methyl sites for hydroxylation is 1. The van der Waals surface area contributed by atoms with Gasteiger partial charge in [-0.3, -0.25) is 19.5 Å². The van der Waals surface area contributed by atoms with Gasteiger partial charge in [0.15, 0.2) is 4.80 Å². The van der Waals surface area contributed by atoms with Gasteiger partial charge < -0.3 is 9.30 Å². The number of fused-ring (bicyclic) bond motifs is 1. The van der Waals surface area contributed by atoms with Crippen LogP contribution in [0.4, 0.5) is 5.69 Å². The Bertz CT molecular complexity index is 1880. The van der Waals surface area contributed by atoms with E-state index in [0.717, 1.165) is 22.6 Å². The molecule has 9 nitrogen and oxygen atoms in total. The lowest BCUT2D eigenvalue weighted by Gasteiger charge is -2.25. The van der Waals surface area contributed by atoms with E-state index in [1.165, 1.54) is 28.0 Å². The van der Waals surface area contributed by atoms with Crippen LogP contribution in [0.3, 0.4) is 0 Å². The Hall–Kier alpha value is -4.28. The first kappa shape index (κ1) is 27.3. The molecular weight excluding hydrogens is 552 g/mol. The Morgan fingerprint density at radius 2 is 1.88 bits per heavy atom. The van der Waals surface area contributed by atoms with E-state index in [0.29, 0.717) is 25.6 Å². The molecule has 11 heteroatoms. The summed E-state index contributed by atoms with van der Waals surface area (Å²) in [5.41, 5.74) is 4.40. The van der Waals surface area contributed by atoms with Gasteiger partial charge in [0.2, 0.25) is 0 Å². The van der Waals surface area contributed by atoms with Crippen molar-refractivity contribution in [2.24, 2.45) is 4.99 Å². The molecule has 0 saturated heterocycles. The highest BCUT2D eigenvalue weighted by molar-refractivity contribution is 7.07. The summed E-state index contributed by atoms with van der Waals surface area (Å²) >= 11 is 7.80. The number of benzene rings is 2. The van der Waals surface area contributed by atoms with Crippen molar-refractivity contribution in [1.29, 1.82) is 0 Å². The largest absolute Gasteiger partial charge is 0.463 e. The SMILES string of the molecule is CCOC(=O)C1=C(C)N=c2s/c(=C\c3cc(C)n(-c4ccc([N+](=O)[O-])cc4)c3C)c(=O)n2[C@@H]1c1ccccc1Cl. The highest BCUT2D eigenvalue weighted by atomic mass is 35.5. The number of carbonyl (C=O) groups is 1. The number of nitro benzene ring substituents is 1. The van der Waals surface area contributed by atoms with Crippen LogP contribution < -0.4 is 14.9 Å². The second-order valence-electron chi connectivity index (χ2n) is 9.26. The van der Waals surface area contributed by atoms with Gasteiger partial charge >= 0.3 is 5.97 Å². The van der Waals surface area contributed by atoms with E-state index in [9.17, 15) is 19.7 Å². The normalized spacial score (nSPS) is 15.1. The third-order valence-electron chi connectivity index (χ3n) is 6.79. The van der Waals surface area contributed by atoms with Gasteiger partial charge in [0.05, 0.1) is 27.3 Å². The summed E-state index contributed by atoms with van der Waals surface area (Å²) < 4.78 is 9.26. The first-order valence-electron chi connectivity index (χ1n) is 12.5. The summed E-state index contributed by atoms with van der Waals surface area (Å²) in [5.74, 6) is -0.547. The Morgan fingerprint density at radius 3 is 2.52 bits per heavy atom. The summed E-state index contributed by atoms with van der Waals surface area (Å²) in [7, 11) is 0. The number of allylic oxidation sites excluding steroid dienone is 1. The van der Waals surface area contributed by atoms with Crippen molar-refractivity contribution in [3.05, 3.63) is 123 Å². The molecule has 0 bridgehead atoms. The number of hydrogen-bond acceptors (Lipinski definition) is 7. The van der Waals surface area contributed by atoms with E-state index in [-0.39, 0.29) is 23.4 Å². The first-order chi connectivity index (χ1) is 19.1. The summed E-state index contributed by atoms with van der Waals surface area (Å²) in [5, 5.41) is 11.5. The number of carbonyl (C=O) groups excluding carboxylic acids is 1. The maximum atomic E-state index is 13.9.